The summed E-state index contributed by atoms with van der Waals surface area (Å²) in [5, 5.41) is 9.26. The van der Waals surface area contributed by atoms with Gasteiger partial charge in [-0.25, -0.2) is 0 Å². The van der Waals surface area contributed by atoms with Gasteiger partial charge in [0.05, 0.1) is 21.3 Å². The molecule has 0 bridgehead atoms. The van der Waals surface area contributed by atoms with E-state index >= 15 is 0 Å². The molecule has 0 fully saturated rings. The molecule has 0 atom stereocenters. The Kier molecular flexibility index (Phi) is 13.1. The van der Waals surface area contributed by atoms with Crippen molar-refractivity contribution >= 4 is 35.8 Å². The van der Waals surface area contributed by atoms with Crippen LogP contribution in [0, 0.1) is 0 Å². The van der Waals surface area contributed by atoms with E-state index in [2.05, 4.69) is 20.9 Å². The molecule has 0 saturated carbocycles. The Labute approximate surface area is 213 Å². The Hall–Kier alpha value is -2.69. The molecule has 9 heteroatoms. The number of hydrogen-bond acceptors (Lipinski definition) is 5. The van der Waals surface area contributed by atoms with Gasteiger partial charge in [0.1, 0.15) is 0 Å². The lowest BCUT2D eigenvalue weighted by molar-refractivity contribution is 0.0963. The summed E-state index contributed by atoms with van der Waals surface area (Å²) in [6, 6.07) is 11.5. The van der Waals surface area contributed by atoms with Gasteiger partial charge >= 0.3 is 0 Å². The molecule has 0 unspecified atom stereocenters. The molecule has 3 N–H and O–H groups in total. The molecule has 8 nitrogen and oxygen atoms in total. The zero-order chi connectivity index (χ0) is 23.3. The summed E-state index contributed by atoms with van der Waals surface area (Å²) in [7, 11) is 6.45. The van der Waals surface area contributed by atoms with Gasteiger partial charge in [-0.3, -0.25) is 9.79 Å². The van der Waals surface area contributed by atoms with Crippen molar-refractivity contribution in [1.82, 2.24) is 16.0 Å². The zero-order valence-corrected chi connectivity index (χ0v) is 22.3. The summed E-state index contributed by atoms with van der Waals surface area (Å²) < 4.78 is 16.3. The van der Waals surface area contributed by atoms with Crippen molar-refractivity contribution in [3.63, 3.8) is 0 Å². The van der Waals surface area contributed by atoms with Crippen molar-refractivity contribution in [2.45, 2.75) is 19.8 Å². The van der Waals surface area contributed by atoms with Crippen molar-refractivity contribution in [1.29, 1.82) is 0 Å². The van der Waals surface area contributed by atoms with Crippen LogP contribution >= 0.6 is 24.0 Å². The maximum atomic E-state index is 11.8. The van der Waals surface area contributed by atoms with E-state index in [-0.39, 0.29) is 29.9 Å². The first-order valence-corrected chi connectivity index (χ1v) is 10.7. The predicted octanol–water partition coefficient (Wildman–Crippen LogP) is 3.03. The van der Waals surface area contributed by atoms with Gasteiger partial charge in [0.25, 0.3) is 5.91 Å². The van der Waals surface area contributed by atoms with Crippen LogP contribution in [0.3, 0.4) is 0 Å². The fourth-order valence-corrected chi connectivity index (χ4v) is 3.33. The van der Waals surface area contributed by atoms with Crippen LogP contribution in [0.5, 0.6) is 17.2 Å². The Bertz CT molecular complexity index is 921. The topological polar surface area (TPSA) is 93.2 Å². The van der Waals surface area contributed by atoms with Gasteiger partial charge in [-0.2, -0.15) is 0 Å². The summed E-state index contributed by atoms with van der Waals surface area (Å²) in [6.45, 7) is 4.06. The molecule has 0 aliphatic rings. The highest BCUT2D eigenvalue weighted by Crippen LogP contribution is 2.39. The minimum absolute atomic E-state index is 0. The van der Waals surface area contributed by atoms with Crippen molar-refractivity contribution in [2.24, 2.45) is 4.99 Å². The van der Waals surface area contributed by atoms with E-state index in [1.54, 1.807) is 28.4 Å². The van der Waals surface area contributed by atoms with Crippen molar-refractivity contribution in [3.05, 3.63) is 53.1 Å². The number of carbonyl (C=O) groups is 1. The molecule has 2 aromatic rings. The van der Waals surface area contributed by atoms with Crippen LogP contribution in [-0.2, 0) is 12.8 Å². The van der Waals surface area contributed by atoms with E-state index in [4.69, 9.17) is 14.2 Å². The second-order valence-corrected chi connectivity index (χ2v) is 6.96. The summed E-state index contributed by atoms with van der Waals surface area (Å²) in [5.41, 5.74) is 2.75. The molecular formula is C24H35IN4O4. The minimum Gasteiger partial charge on any atom is -0.493 e. The largest absolute Gasteiger partial charge is 0.493 e. The molecule has 1 amide bonds. The summed E-state index contributed by atoms with van der Waals surface area (Å²) in [5.74, 6) is 2.54. The molecule has 0 aliphatic carbocycles. The standard InChI is InChI=1S/C24H34N4O4.HI/c1-6-26-24(27-14-12-17-8-7-9-19(16-17)23(29)25-2)28-15-13-18-10-11-20(30-3)22(32-5)21(18)31-4;/h7-11,16H,6,12-15H2,1-5H3,(H,25,29)(H2,26,27,28);1H. The number of carbonyl (C=O) groups excluding carboxylic acids is 1. The zero-order valence-electron chi connectivity index (χ0n) is 20.0. The van der Waals surface area contributed by atoms with Crippen molar-refractivity contribution in [2.75, 3.05) is 48.0 Å². The van der Waals surface area contributed by atoms with E-state index in [1.807, 2.05) is 43.3 Å². The van der Waals surface area contributed by atoms with Crippen molar-refractivity contribution < 1.29 is 19.0 Å². The van der Waals surface area contributed by atoms with E-state index in [9.17, 15) is 4.79 Å². The van der Waals surface area contributed by atoms with E-state index in [0.717, 1.165) is 30.1 Å². The molecular weight excluding hydrogens is 535 g/mol. The van der Waals surface area contributed by atoms with Gasteiger partial charge in [0, 0.05) is 37.8 Å². The quantitative estimate of drug-likeness (QED) is 0.219. The van der Waals surface area contributed by atoms with Crippen LogP contribution in [0.4, 0.5) is 0 Å². The molecule has 0 heterocycles. The fourth-order valence-electron chi connectivity index (χ4n) is 3.33. The van der Waals surface area contributed by atoms with Gasteiger partial charge in [-0.15, -0.1) is 24.0 Å². The Morgan fingerprint density at radius 2 is 1.73 bits per heavy atom. The molecule has 0 spiro atoms. The second kappa shape index (κ2) is 15.2. The Morgan fingerprint density at radius 3 is 2.36 bits per heavy atom. The molecule has 0 saturated heterocycles. The summed E-state index contributed by atoms with van der Waals surface area (Å²) >= 11 is 0. The number of benzene rings is 2. The minimum atomic E-state index is -0.0831. The Balaban J connectivity index is 0.00000544. The lowest BCUT2D eigenvalue weighted by Gasteiger charge is -2.15. The normalized spacial score (nSPS) is 10.6. The van der Waals surface area contributed by atoms with Gasteiger partial charge in [-0.1, -0.05) is 18.2 Å². The van der Waals surface area contributed by atoms with Crippen LogP contribution in [0.25, 0.3) is 0 Å². The SMILES string of the molecule is CCNC(=NCCc1ccc(OC)c(OC)c1OC)NCCc1cccc(C(=O)NC)c1.I. The number of amides is 1. The molecule has 0 aliphatic heterocycles. The third kappa shape index (κ3) is 8.30. The molecule has 2 aromatic carbocycles. The number of aliphatic imine (C=N–C) groups is 1. The molecule has 0 radical (unpaired) electrons. The third-order valence-electron chi connectivity index (χ3n) is 4.90. The fraction of sp³-hybridized carbons (Fsp3) is 0.417. The number of rotatable bonds is 11. The van der Waals surface area contributed by atoms with E-state index in [1.165, 1.54) is 0 Å². The monoisotopic (exact) mass is 570 g/mol. The van der Waals surface area contributed by atoms with E-state index < -0.39 is 0 Å². The highest BCUT2D eigenvalue weighted by Gasteiger charge is 2.15. The Morgan fingerprint density at radius 1 is 0.970 bits per heavy atom. The molecule has 33 heavy (non-hydrogen) atoms. The number of guanidine groups is 1. The highest BCUT2D eigenvalue weighted by atomic mass is 127. The van der Waals surface area contributed by atoms with Gasteiger partial charge in [0.2, 0.25) is 5.75 Å². The average molecular weight is 570 g/mol. The average Bonchev–Trinajstić information content (AvgIpc) is 2.83. The van der Waals surface area contributed by atoms with Gasteiger partial charge < -0.3 is 30.2 Å². The molecule has 2 rings (SSSR count). The first kappa shape index (κ1) is 28.3. The number of halogens is 1. The molecule has 182 valence electrons. The van der Waals surface area contributed by atoms with Crippen LogP contribution in [0.2, 0.25) is 0 Å². The summed E-state index contributed by atoms with van der Waals surface area (Å²) in [4.78, 5) is 16.5. The van der Waals surface area contributed by atoms with E-state index in [0.29, 0.717) is 42.3 Å². The summed E-state index contributed by atoms with van der Waals surface area (Å²) in [6.07, 6.45) is 1.47. The number of hydrogen-bond donors (Lipinski definition) is 3. The van der Waals surface area contributed by atoms with Crippen LogP contribution in [0.1, 0.15) is 28.4 Å². The van der Waals surface area contributed by atoms with Gasteiger partial charge in [-0.05, 0) is 43.5 Å². The predicted molar refractivity (Wildman–Crippen MR) is 143 cm³/mol. The smallest absolute Gasteiger partial charge is 0.251 e. The maximum Gasteiger partial charge on any atom is 0.251 e. The lowest BCUT2D eigenvalue weighted by Crippen LogP contribution is -2.38. The van der Waals surface area contributed by atoms with Crippen molar-refractivity contribution in [3.8, 4) is 17.2 Å². The van der Waals surface area contributed by atoms with Crippen LogP contribution < -0.4 is 30.2 Å². The highest BCUT2D eigenvalue weighted by molar-refractivity contribution is 14.0. The van der Waals surface area contributed by atoms with Crippen LogP contribution in [0.15, 0.2) is 41.4 Å². The second-order valence-electron chi connectivity index (χ2n) is 6.96. The lowest BCUT2D eigenvalue weighted by atomic mass is 10.1. The first-order valence-electron chi connectivity index (χ1n) is 10.7. The molecule has 0 aromatic heterocycles. The first-order chi connectivity index (χ1) is 15.6. The number of ether oxygens (including phenoxy) is 3. The maximum absolute atomic E-state index is 11.8. The van der Waals surface area contributed by atoms with Crippen LogP contribution in [-0.4, -0.2) is 59.9 Å². The number of methoxy groups -OCH3 is 3. The number of nitrogens with zero attached hydrogens (tertiary/aromatic N) is 1. The third-order valence-corrected chi connectivity index (χ3v) is 4.90. The van der Waals surface area contributed by atoms with Gasteiger partial charge in [0.15, 0.2) is 17.5 Å². The number of nitrogens with one attached hydrogen (secondary N) is 3.